The number of benzene rings is 1. The maximum absolute atomic E-state index is 12.8. The van der Waals surface area contributed by atoms with Crippen LogP contribution in [0.4, 0.5) is 5.69 Å². The van der Waals surface area contributed by atoms with Gasteiger partial charge in [-0.15, -0.1) is 0 Å². The minimum atomic E-state index is 0.0382. The number of anilines is 1. The summed E-state index contributed by atoms with van der Waals surface area (Å²) in [6.45, 7) is 6.28. The summed E-state index contributed by atoms with van der Waals surface area (Å²) in [6, 6.07) is 5.66. The number of rotatable bonds is 7. The smallest absolute Gasteiger partial charge is 0.236 e. The van der Waals surface area contributed by atoms with Crippen LogP contribution in [0.3, 0.4) is 0 Å². The fourth-order valence-corrected chi connectivity index (χ4v) is 4.56. The molecule has 2 amide bonds. The van der Waals surface area contributed by atoms with Crippen molar-refractivity contribution in [3.63, 3.8) is 0 Å². The van der Waals surface area contributed by atoms with Crippen LogP contribution < -0.4 is 10.1 Å². The van der Waals surface area contributed by atoms with E-state index >= 15 is 0 Å². The van der Waals surface area contributed by atoms with E-state index in [4.69, 9.17) is 4.74 Å². The Morgan fingerprint density at radius 2 is 1.87 bits per heavy atom. The maximum Gasteiger partial charge on any atom is 0.236 e. The quantitative estimate of drug-likeness (QED) is 0.735. The first-order valence-corrected chi connectivity index (χ1v) is 11.5. The lowest BCUT2D eigenvalue weighted by Gasteiger charge is -2.34. The van der Waals surface area contributed by atoms with Crippen molar-refractivity contribution in [3.05, 3.63) is 23.8 Å². The predicted octanol–water partition coefficient (Wildman–Crippen LogP) is 3.84. The Morgan fingerprint density at radius 1 is 1.10 bits per heavy atom. The van der Waals surface area contributed by atoms with E-state index in [0.29, 0.717) is 18.9 Å². The van der Waals surface area contributed by atoms with Crippen molar-refractivity contribution in [1.82, 2.24) is 9.80 Å². The second kappa shape index (κ2) is 11.3. The molecule has 1 unspecified atom stereocenters. The third-order valence-corrected chi connectivity index (χ3v) is 6.42. The third kappa shape index (κ3) is 6.73. The molecule has 0 radical (unpaired) electrons. The van der Waals surface area contributed by atoms with Gasteiger partial charge in [0.1, 0.15) is 5.75 Å². The molecule has 6 nitrogen and oxygen atoms in total. The fourth-order valence-electron chi connectivity index (χ4n) is 4.56. The fraction of sp³-hybridized carbons (Fsp3) is 0.667. The summed E-state index contributed by atoms with van der Waals surface area (Å²) in [5.74, 6) is 1.50. The average molecular weight is 416 g/mol. The second-order valence-electron chi connectivity index (χ2n) is 8.81. The number of hydrogen-bond acceptors (Lipinski definition) is 4. The van der Waals surface area contributed by atoms with Gasteiger partial charge in [-0.1, -0.05) is 12.8 Å². The number of methoxy groups -OCH3 is 1. The highest BCUT2D eigenvalue weighted by Crippen LogP contribution is 2.24. The van der Waals surface area contributed by atoms with Crippen molar-refractivity contribution in [1.29, 1.82) is 0 Å². The Bertz CT molecular complexity index is 714. The summed E-state index contributed by atoms with van der Waals surface area (Å²) in [5.41, 5.74) is 1.82. The lowest BCUT2D eigenvalue weighted by Crippen LogP contribution is -2.45. The molecule has 3 rings (SSSR count). The zero-order valence-electron chi connectivity index (χ0n) is 18.6. The largest absolute Gasteiger partial charge is 0.497 e. The van der Waals surface area contributed by atoms with Crippen LogP contribution in [0.2, 0.25) is 0 Å². The van der Waals surface area contributed by atoms with Crippen LogP contribution in [-0.2, 0) is 9.59 Å². The Hall–Kier alpha value is -2.08. The standard InChI is InChI=1S/C24H37N3O3/c1-19-16-21(30-2)10-11-22(19)25-23(28)12-9-20-8-7-15-27(17-20)24(29)18-26-13-5-3-4-6-14-26/h10-11,16,20H,3-9,12-15,17-18H2,1-2H3,(H,25,28). The Morgan fingerprint density at radius 3 is 2.57 bits per heavy atom. The molecule has 2 aliphatic heterocycles. The Labute approximate surface area is 180 Å². The molecule has 2 fully saturated rings. The topological polar surface area (TPSA) is 61.9 Å². The maximum atomic E-state index is 12.8. The summed E-state index contributed by atoms with van der Waals surface area (Å²) in [4.78, 5) is 29.6. The van der Waals surface area contributed by atoms with Crippen molar-refractivity contribution in [3.8, 4) is 5.75 Å². The van der Waals surface area contributed by atoms with Crippen molar-refractivity contribution in [2.45, 2.75) is 58.3 Å². The highest BCUT2D eigenvalue weighted by molar-refractivity contribution is 5.91. The van der Waals surface area contributed by atoms with Gasteiger partial charge in [-0.05, 0) is 81.8 Å². The van der Waals surface area contributed by atoms with Gasteiger partial charge in [-0.25, -0.2) is 0 Å². The van der Waals surface area contributed by atoms with E-state index in [0.717, 1.165) is 62.4 Å². The van der Waals surface area contributed by atoms with Gasteiger partial charge in [-0.3, -0.25) is 14.5 Å². The number of ether oxygens (including phenoxy) is 1. The number of hydrogen-bond donors (Lipinski definition) is 1. The van der Waals surface area contributed by atoms with Gasteiger partial charge in [0.25, 0.3) is 0 Å². The first-order valence-electron chi connectivity index (χ1n) is 11.5. The molecule has 0 saturated carbocycles. The summed E-state index contributed by atoms with van der Waals surface area (Å²) >= 11 is 0. The van der Waals surface area contributed by atoms with Crippen LogP contribution in [0.25, 0.3) is 0 Å². The molecule has 1 atom stereocenters. The van der Waals surface area contributed by atoms with Gasteiger partial charge >= 0.3 is 0 Å². The zero-order valence-corrected chi connectivity index (χ0v) is 18.6. The van der Waals surface area contributed by atoms with E-state index in [-0.39, 0.29) is 11.8 Å². The third-order valence-electron chi connectivity index (χ3n) is 6.42. The van der Waals surface area contributed by atoms with E-state index in [2.05, 4.69) is 10.2 Å². The molecule has 2 heterocycles. The van der Waals surface area contributed by atoms with Crippen LogP contribution in [-0.4, -0.2) is 61.4 Å². The van der Waals surface area contributed by atoms with Crippen LogP contribution in [0, 0.1) is 12.8 Å². The van der Waals surface area contributed by atoms with Crippen molar-refractivity contribution < 1.29 is 14.3 Å². The average Bonchev–Trinajstić information content (AvgIpc) is 3.02. The first-order chi connectivity index (χ1) is 14.5. The number of amides is 2. The minimum absolute atomic E-state index is 0.0382. The van der Waals surface area contributed by atoms with E-state index in [1.165, 1.54) is 25.7 Å². The van der Waals surface area contributed by atoms with Gasteiger partial charge in [0.05, 0.1) is 13.7 Å². The van der Waals surface area contributed by atoms with Crippen LogP contribution >= 0.6 is 0 Å². The molecule has 0 aromatic heterocycles. The SMILES string of the molecule is COc1ccc(NC(=O)CCC2CCCN(C(=O)CN3CCCCCC3)C2)c(C)c1. The molecule has 2 saturated heterocycles. The predicted molar refractivity (Wildman–Crippen MR) is 120 cm³/mol. The molecule has 1 aromatic carbocycles. The second-order valence-corrected chi connectivity index (χ2v) is 8.81. The minimum Gasteiger partial charge on any atom is -0.497 e. The van der Waals surface area contributed by atoms with Crippen LogP contribution in [0.15, 0.2) is 18.2 Å². The molecular formula is C24H37N3O3. The van der Waals surface area contributed by atoms with Gasteiger partial charge in [0.15, 0.2) is 0 Å². The van der Waals surface area contributed by atoms with Gasteiger partial charge in [0, 0.05) is 25.2 Å². The molecule has 0 spiro atoms. The number of carbonyl (C=O) groups is 2. The molecule has 0 bridgehead atoms. The van der Waals surface area contributed by atoms with Crippen molar-refractivity contribution in [2.75, 3.05) is 45.2 Å². The highest BCUT2D eigenvalue weighted by atomic mass is 16.5. The molecule has 0 aliphatic carbocycles. The van der Waals surface area contributed by atoms with Gasteiger partial charge in [0.2, 0.25) is 11.8 Å². The van der Waals surface area contributed by atoms with E-state index in [1.54, 1.807) is 7.11 Å². The first kappa shape index (κ1) is 22.6. The normalized spacial score (nSPS) is 20.5. The lowest BCUT2D eigenvalue weighted by molar-refractivity contribution is -0.134. The number of likely N-dealkylation sites (tertiary alicyclic amines) is 2. The summed E-state index contributed by atoms with van der Waals surface area (Å²) in [7, 11) is 1.64. The highest BCUT2D eigenvalue weighted by Gasteiger charge is 2.25. The Kier molecular flexibility index (Phi) is 8.55. The van der Waals surface area contributed by atoms with Crippen LogP contribution in [0.1, 0.15) is 56.9 Å². The summed E-state index contributed by atoms with van der Waals surface area (Å²) in [6.07, 6.45) is 8.44. The summed E-state index contributed by atoms with van der Waals surface area (Å²) < 4.78 is 5.22. The van der Waals surface area contributed by atoms with E-state index < -0.39 is 0 Å². The molecule has 1 aromatic rings. The molecule has 6 heteroatoms. The van der Waals surface area contributed by atoms with Gasteiger partial charge < -0.3 is 15.0 Å². The van der Waals surface area contributed by atoms with Gasteiger partial charge in [-0.2, -0.15) is 0 Å². The molecule has 166 valence electrons. The number of piperidine rings is 1. The molecular weight excluding hydrogens is 378 g/mol. The van der Waals surface area contributed by atoms with Crippen molar-refractivity contribution >= 4 is 17.5 Å². The van der Waals surface area contributed by atoms with E-state index in [1.807, 2.05) is 30.0 Å². The summed E-state index contributed by atoms with van der Waals surface area (Å²) in [5, 5.41) is 3.01. The number of aryl methyl sites for hydroxylation is 1. The number of nitrogens with zero attached hydrogens (tertiary/aromatic N) is 2. The Balaban J connectivity index is 1.43. The number of nitrogens with one attached hydrogen (secondary N) is 1. The van der Waals surface area contributed by atoms with E-state index in [9.17, 15) is 9.59 Å². The molecule has 1 N–H and O–H groups in total. The number of carbonyl (C=O) groups excluding carboxylic acids is 2. The molecule has 2 aliphatic rings. The lowest BCUT2D eigenvalue weighted by atomic mass is 9.93. The van der Waals surface area contributed by atoms with Crippen LogP contribution in [0.5, 0.6) is 5.75 Å². The van der Waals surface area contributed by atoms with Crippen molar-refractivity contribution in [2.24, 2.45) is 5.92 Å². The monoisotopic (exact) mass is 415 g/mol. The molecule has 30 heavy (non-hydrogen) atoms. The zero-order chi connectivity index (χ0) is 21.3.